The largest absolute Gasteiger partial charge is 0.369 e. The molecule has 6 heteroatoms. The Balaban J connectivity index is 2.90. The summed E-state index contributed by atoms with van der Waals surface area (Å²) in [5.41, 5.74) is 5.81. The van der Waals surface area contributed by atoms with Crippen LogP contribution >= 0.6 is 11.8 Å². The summed E-state index contributed by atoms with van der Waals surface area (Å²) >= 11 is 1.21. The molecule has 0 saturated carbocycles. The van der Waals surface area contributed by atoms with Gasteiger partial charge >= 0.3 is 0 Å². The molecule has 0 aliphatic heterocycles. The van der Waals surface area contributed by atoms with E-state index in [1.165, 1.54) is 17.8 Å². The highest BCUT2D eigenvalue weighted by molar-refractivity contribution is 8.00. The molecule has 0 saturated heterocycles. The quantitative estimate of drug-likeness (QED) is 0.588. The van der Waals surface area contributed by atoms with E-state index in [-0.39, 0.29) is 16.7 Å². The molecule has 0 bridgehead atoms. The van der Waals surface area contributed by atoms with Crippen LogP contribution in [0.15, 0.2) is 16.0 Å². The molecular formula is C11H17N3O2S. The van der Waals surface area contributed by atoms with Gasteiger partial charge in [-0.2, -0.15) is 0 Å². The summed E-state index contributed by atoms with van der Waals surface area (Å²) in [6.45, 7) is 3.89. The number of aryl methyl sites for hydroxylation is 1. The van der Waals surface area contributed by atoms with Crippen LogP contribution in [-0.2, 0) is 11.2 Å². The SMILES string of the molecule is CCCc1cc(=O)[nH]c(S[C@H](CC)C(N)=O)n1. The molecule has 1 atom stereocenters. The molecule has 1 heterocycles. The van der Waals surface area contributed by atoms with Crippen molar-refractivity contribution in [2.24, 2.45) is 5.73 Å². The predicted molar refractivity (Wildman–Crippen MR) is 68.0 cm³/mol. The number of aromatic nitrogens is 2. The van der Waals surface area contributed by atoms with Gasteiger partial charge in [-0.25, -0.2) is 4.98 Å². The number of carbonyl (C=O) groups is 1. The second kappa shape index (κ2) is 6.44. The molecule has 1 aromatic heterocycles. The van der Waals surface area contributed by atoms with Crippen molar-refractivity contribution >= 4 is 17.7 Å². The van der Waals surface area contributed by atoms with E-state index in [9.17, 15) is 9.59 Å². The molecular weight excluding hydrogens is 238 g/mol. The highest BCUT2D eigenvalue weighted by Crippen LogP contribution is 2.20. The fourth-order valence-corrected chi connectivity index (χ4v) is 2.28. The third-order valence-corrected chi connectivity index (χ3v) is 3.49. The van der Waals surface area contributed by atoms with Crippen LogP contribution in [0.1, 0.15) is 32.4 Å². The van der Waals surface area contributed by atoms with E-state index < -0.39 is 0 Å². The molecule has 1 amide bonds. The fourth-order valence-electron chi connectivity index (χ4n) is 1.40. The van der Waals surface area contributed by atoms with Crippen molar-refractivity contribution in [1.29, 1.82) is 0 Å². The maximum absolute atomic E-state index is 11.4. The topological polar surface area (TPSA) is 88.8 Å². The van der Waals surface area contributed by atoms with Gasteiger partial charge in [-0.3, -0.25) is 9.59 Å². The van der Waals surface area contributed by atoms with E-state index >= 15 is 0 Å². The molecule has 0 unspecified atom stereocenters. The standard InChI is InChI=1S/C11H17N3O2S/c1-3-5-7-6-9(15)14-11(13-7)17-8(4-2)10(12)16/h6,8H,3-5H2,1-2H3,(H2,12,16)(H,13,14,15)/t8-/m1/s1. The maximum Gasteiger partial charge on any atom is 0.251 e. The fraction of sp³-hybridized carbons (Fsp3) is 0.545. The number of rotatable bonds is 6. The number of thioether (sulfide) groups is 1. The molecule has 1 aromatic rings. The Morgan fingerprint density at radius 2 is 2.29 bits per heavy atom. The smallest absolute Gasteiger partial charge is 0.251 e. The van der Waals surface area contributed by atoms with Crippen molar-refractivity contribution in [3.8, 4) is 0 Å². The third-order valence-electron chi connectivity index (χ3n) is 2.22. The highest BCUT2D eigenvalue weighted by Gasteiger charge is 2.16. The van der Waals surface area contributed by atoms with E-state index in [1.807, 2.05) is 13.8 Å². The molecule has 3 N–H and O–H groups in total. The summed E-state index contributed by atoms with van der Waals surface area (Å²) in [7, 11) is 0. The minimum Gasteiger partial charge on any atom is -0.369 e. The minimum absolute atomic E-state index is 0.190. The first-order valence-electron chi connectivity index (χ1n) is 5.63. The Kier molecular flexibility index (Phi) is 5.21. The normalized spacial score (nSPS) is 12.4. The summed E-state index contributed by atoms with van der Waals surface area (Å²) in [5, 5.41) is 0.113. The van der Waals surface area contributed by atoms with Crippen molar-refractivity contribution in [2.45, 2.75) is 43.5 Å². The van der Waals surface area contributed by atoms with Gasteiger partial charge in [0.15, 0.2) is 5.16 Å². The molecule has 17 heavy (non-hydrogen) atoms. The first-order valence-corrected chi connectivity index (χ1v) is 6.51. The molecule has 5 nitrogen and oxygen atoms in total. The van der Waals surface area contributed by atoms with Crippen LogP contribution in [0.3, 0.4) is 0 Å². The van der Waals surface area contributed by atoms with Gasteiger partial charge in [-0.15, -0.1) is 0 Å². The first-order chi connectivity index (χ1) is 8.06. The van der Waals surface area contributed by atoms with Gasteiger partial charge in [0, 0.05) is 11.8 Å². The number of aromatic amines is 1. The van der Waals surface area contributed by atoms with Gasteiger partial charge in [0.25, 0.3) is 5.56 Å². The number of hydrogen-bond donors (Lipinski definition) is 2. The number of hydrogen-bond acceptors (Lipinski definition) is 4. The Bertz CT molecular complexity index is 445. The summed E-state index contributed by atoms with van der Waals surface area (Å²) in [6, 6.07) is 1.48. The van der Waals surface area contributed by atoms with Crippen molar-refractivity contribution in [3.63, 3.8) is 0 Å². The van der Waals surface area contributed by atoms with Crippen LogP contribution in [0.25, 0.3) is 0 Å². The van der Waals surface area contributed by atoms with Crippen LogP contribution in [0, 0.1) is 0 Å². The second-order valence-electron chi connectivity index (χ2n) is 3.71. The Morgan fingerprint density at radius 1 is 1.59 bits per heavy atom. The van der Waals surface area contributed by atoms with E-state index in [4.69, 9.17) is 5.73 Å². The zero-order valence-electron chi connectivity index (χ0n) is 10.0. The molecule has 0 radical (unpaired) electrons. The lowest BCUT2D eigenvalue weighted by Crippen LogP contribution is -2.25. The van der Waals surface area contributed by atoms with Gasteiger partial charge in [0.05, 0.1) is 5.25 Å². The van der Waals surface area contributed by atoms with Crippen LogP contribution in [0.5, 0.6) is 0 Å². The average Bonchev–Trinajstić information content (AvgIpc) is 2.25. The number of amides is 1. The number of carbonyl (C=O) groups excluding carboxylic acids is 1. The van der Waals surface area contributed by atoms with E-state index in [0.29, 0.717) is 11.6 Å². The number of H-pyrrole nitrogens is 1. The van der Waals surface area contributed by atoms with E-state index in [1.54, 1.807) is 0 Å². The van der Waals surface area contributed by atoms with Gasteiger partial charge in [-0.1, -0.05) is 32.0 Å². The lowest BCUT2D eigenvalue weighted by molar-refractivity contribution is -0.117. The number of nitrogens with two attached hydrogens (primary N) is 1. The molecule has 0 aliphatic rings. The molecule has 0 fully saturated rings. The molecule has 94 valence electrons. The van der Waals surface area contributed by atoms with Gasteiger partial charge in [0.2, 0.25) is 5.91 Å². The van der Waals surface area contributed by atoms with Crippen LogP contribution in [0.4, 0.5) is 0 Å². The lowest BCUT2D eigenvalue weighted by atomic mass is 10.2. The Hall–Kier alpha value is -1.30. The van der Waals surface area contributed by atoms with Crippen LogP contribution in [0.2, 0.25) is 0 Å². The van der Waals surface area contributed by atoms with Gasteiger partial charge in [0.1, 0.15) is 0 Å². The highest BCUT2D eigenvalue weighted by atomic mass is 32.2. The van der Waals surface area contributed by atoms with Gasteiger partial charge in [-0.05, 0) is 12.8 Å². The minimum atomic E-state index is -0.388. The van der Waals surface area contributed by atoms with Gasteiger partial charge < -0.3 is 10.7 Å². The Morgan fingerprint density at radius 3 is 2.82 bits per heavy atom. The third kappa shape index (κ3) is 4.22. The van der Waals surface area contributed by atoms with Crippen LogP contribution in [-0.4, -0.2) is 21.1 Å². The van der Waals surface area contributed by atoms with E-state index in [0.717, 1.165) is 18.5 Å². The predicted octanol–water partition coefficient (Wildman–Crippen LogP) is 1.08. The number of primary amides is 1. The molecule has 0 spiro atoms. The summed E-state index contributed by atoms with van der Waals surface area (Å²) < 4.78 is 0. The summed E-state index contributed by atoms with van der Waals surface area (Å²) in [4.78, 5) is 29.4. The summed E-state index contributed by atoms with van der Waals surface area (Å²) in [5.74, 6) is -0.388. The number of nitrogens with one attached hydrogen (secondary N) is 1. The lowest BCUT2D eigenvalue weighted by Gasteiger charge is -2.09. The van der Waals surface area contributed by atoms with E-state index in [2.05, 4.69) is 9.97 Å². The molecule has 0 aromatic carbocycles. The monoisotopic (exact) mass is 255 g/mol. The average molecular weight is 255 g/mol. The van der Waals surface area contributed by atoms with Crippen LogP contribution < -0.4 is 11.3 Å². The molecule has 1 rings (SSSR count). The zero-order chi connectivity index (χ0) is 12.8. The van der Waals surface area contributed by atoms with Crippen molar-refractivity contribution in [2.75, 3.05) is 0 Å². The van der Waals surface area contributed by atoms with Crippen molar-refractivity contribution in [3.05, 3.63) is 22.1 Å². The van der Waals surface area contributed by atoms with Crippen molar-refractivity contribution in [1.82, 2.24) is 9.97 Å². The van der Waals surface area contributed by atoms with Crippen molar-refractivity contribution < 1.29 is 4.79 Å². The summed E-state index contributed by atoms with van der Waals surface area (Å²) in [6.07, 6.45) is 2.29. The first kappa shape index (κ1) is 13.8. The number of nitrogens with zero attached hydrogens (tertiary/aromatic N) is 1. The zero-order valence-corrected chi connectivity index (χ0v) is 10.8. The Labute approximate surface area is 104 Å². The molecule has 0 aliphatic carbocycles. The second-order valence-corrected chi connectivity index (χ2v) is 4.90. The maximum atomic E-state index is 11.4.